The minimum atomic E-state index is 0.0159. The summed E-state index contributed by atoms with van der Waals surface area (Å²) in [6.45, 7) is 3.89. The summed E-state index contributed by atoms with van der Waals surface area (Å²) in [5.41, 5.74) is 3.47. The molecule has 1 saturated carbocycles. The van der Waals surface area contributed by atoms with Crippen molar-refractivity contribution in [3.8, 4) is 0 Å². The first-order valence-corrected chi connectivity index (χ1v) is 9.32. The van der Waals surface area contributed by atoms with Crippen LogP contribution in [0.1, 0.15) is 62.1 Å². The minimum Gasteiger partial charge on any atom is -0.314 e. The molecular weight excluding hydrogens is 300 g/mol. The van der Waals surface area contributed by atoms with Gasteiger partial charge in [0, 0.05) is 24.2 Å². The SMILES string of the molecule is Cc1cc(C2CC2)nc2c(=O)n(CCC[C@@H]3CCCCN3)cnc12. The van der Waals surface area contributed by atoms with E-state index in [0.717, 1.165) is 42.7 Å². The molecule has 1 aliphatic carbocycles. The average molecular weight is 326 g/mol. The molecule has 2 aliphatic rings. The molecule has 0 amide bonds. The molecule has 1 aliphatic heterocycles. The molecule has 1 saturated heterocycles. The lowest BCUT2D eigenvalue weighted by atomic mass is 10.0. The first-order chi connectivity index (χ1) is 11.7. The van der Waals surface area contributed by atoms with Gasteiger partial charge in [-0.15, -0.1) is 0 Å². The van der Waals surface area contributed by atoms with E-state index in [2.05, 4.69) is 21.4 Å². The highest BCUT2D eigenvalue weighted by Gasteiger charge is 2.26. The Kier molecular flexibility index (Phi) is 4.35. The number of piperidine rings is 1. The molecule has 5 nitrogen and oxygen atoms in total. The smallest absolute Gasteiger partial charge is 0.279 e. The molecule has 1 atom stereocenters. The van der Waals surface area contributed by atoms with Crippen molar-refractivity contribution in [1.82, 2.24) is 19.9 Å². The maximum atomic E-state index is 12.8. The Hall–Kier alpha value is -1.75. The lowest BCUT2D eigenvalue weighted by molar-refractivity contribution is 0.367. The molecular formula is C19H26N4O. The summed E-state index contributed by atoms with van der Waals surface area (Å²) >= 11 is 0. The normalized spacial score (nSPS) is 21.3. The van der Waals surface area contributed by atoms with Gasteiger partial charge in [0.05, 0.1) is 11.8 Å². The lowest BCUT2D eigenvalue weighted by Gasteiger charge is -2.23. The molecule has 128 valence electrons. The van der Waals surface area contributed by atoms with E-state index in [0.29, 0.717) is 17.5 Å². The molecule has 24 heavy (non-hydrogen) atoms. The molecule has 0 radical (unpaired) electrons. The Morgan fingerprint density at radius 3 is 2.88 bits per heavy atom. The number of hydrogen-bond donors (Lipinski definition) is 1. The van der Waals surface area contributed by atoms with Gasteiger partial charge >= 0.3 is 0 Å². The van der Waals surface area contributed by atoms with Crippen LogP contribution in [0.4, 0.5) is 0 Å². The number of pyridine rings is 1. The van der Waals surface area contributed by atoms with E-state index in [1.165, 1.54) is 32.1 Å². The molecule has 2 aromatic rings. The van der Waals surface area contributed by atoms with Crippen molar-refractivity contribution in [2.75, 3.05) is 6.54 Å². The number of rotatable bonds is 5. The molecule has 3 heterocycles. The fraction of sp³-hybridized carbons (Fsp3) is 0.632. The van der Waals surface area contributed by atoms with Gasteiger partial charge in [0.2, 0.25) is 0 Å². The summed E-state index contributed by atoms with van der Waals surface area (Å²) < 4.78 is 1.74. The Morgan fingerprint density at radius 2 is 2.12 bits per heavy atom. The third-order valence-electron chi connectivity index (χ3n) is 5.35. The van der Waals surface area contributed by atoms with Crippen LogP contribution in [0.3, 0.4) is 0 Å². The zero-order valence-electron chi connectivity index (χ0n) is 14.4. The number of fused-ring (bicyclic) bond motifs is 1. The fourth-order valence-corrected chi connectivity index (χ4v) is 3.75. The van der Waals surface area contributed by atoms with Crippen LogP contribution in [0.15, 0.2) is 17.2 Å². The second-order valence-corrected chi connectivity index (χ2v) is 7.37. The molecule has 0 spiro atoms. The van der Waals surface area contributed by atoms with E-state index < -0.39 is 0 Å². The maximum absolute atomic E-state index is 12.8. The summed E-state index contributed by atoms with van der Waals surface area (Å²) in [5.74, 6) is 0.554. The van der Waals surface area contributed by atoms with E-state index in [-0.39, 0.29) is 5.56 Å². The van der Waals surface area contributed by atoms with Gasteiger partial charge in [0.15, 0.2) is 5.52 Å². The van der Waals surface area contributed by atoms with Crippen LogP contribution in [-0.4, -0.2) is 27.1 Å². The molecule has 1 N–H and O–H groups in total. The average Bonchev–Trinajstić information content (AvgIpc) is 3.43. The van der Waals surface area contributed by atoms with E-state index in [9.17, 15) is 4.79 Å². The van der Waals surface area contributed by atoms with E-state index in [1.807, 2.05) is 6.92 Å². The highest BCUT2D eigenvalue weighted by atomic mass is 16.1. The van der Waals surface area contributed by atoms with Gasteiger partial charge in [-0.05, 0) is 63.6 Å². The second-order valence-electron chi connectivity index (χ2n) is 7.37. The van der Waals surface area contributed by atoms with Gasteiger partial charge in [-0.25, -0.2) is 9.97 Å². The Balaban J connectivity index is 1.52. The quantitative estimate of drug-likeness (QED) is 0.918. The van der Waals surface area contributed by atoms with Crippen LogP contribution in [0.5, 0.6) is 0 Å². The highest BCUT2D eigenvalue weighted by Crippen LogP contribution is 2.39. The standard InChI is InChI=1S/C19H26N4O/c1-13-11-16(14-7-8-14)22-18-17(13)21-12-23(19(18)24)10-4-6-15-5-2-3-9-20-15/h11-12,14-15,20H,2-10H2,1H3/t15-/m0/s1. The van der Waals surface area contributed by atoms with Crippen LogP contribution in [0.25, 0.3) is 11.0 Å². The second kappa shape index (κ2) is 6.63. The third kappa shape index (κ3) is 3.22. The topological polar surface area (TPSA) is 59.8 Å². The molecule has 4 rings (SSSR count). The first kappa shape index (κ1) is 15.8. The van der Waals surface area contributed by atoms with Crippen molar-refractivity contribution < 1.29 is 0 Å². The molecule has 5 heteroatoms. The zero-order valence-corrected chi connectivity index (χ0v) is 14.4. The van der Waals surface area contributed by atoms with Crippen LogP contribution in [0, 0.1) is 6.92 Å². The van der Waals surface area contributed by atoms with Gasteiger partial charge in [-0.3, -0.25) is 9.36 Å². The Labute approximate surface area is 142 Å². The molecule has 0 aromatic carbocycles. The predicted molar refractivity (Wildman–Crippen MR) is 95.4 cm³/mol. The summed E-state index contributed by atoms with van der Waals surface area (Å²) in [5, 5.41) is 3.57. The maximum Gasteiger partial charge on any atom is 0.279 e. The molecule has 2 fully saturated rings. The van der Waals surface area contributed by atoms with E-state index in [4.69, 9.17) is 0 Å². The summed E-state index contributed by atoms with van der Waals surface area (Å²) in [6, 6.07) is 2.72. The van der Waals surface area contributed by atoms with Gasteiger partial charge in [-0.1, -0.05) is 6.42 Å². The molecule has 0 bridgehead atoms. The van der Waals surface area contributed by atoms with Gasteiger partial charge in [0.25, 0.3) is 5.56 Å². The number of nitrogens with zero attached hydrogens (tertiary/aromatic N) is 3. The number of aryl methyl sites for hydroxylation is 2. The number of hydrogen-bond acceptors (Lipinski definition) is 4. The van der Waals surface area contributed by atoms with Crippen LogP contribution < -0.4 is 10.9 Å². The van der Waals surface area contributed by atoms with Crippen molar-refractivity contribution in [1.29, 1.82) is 0 Å². The Morgan fingerprint density at radius 1 is 1.25 bits per heavy atom. The molecule has 0 unspecified atom stereocenters. The van der Waals surface area contributed by atoms with Gasteiger partial charge < -0.3 is 5.32 Å². The monoisotopic (exact) mass is 326 g/mol. The third-order valence-corrected chi connectivity index (χ3v) is 5.35. The zero-order chi connectivity index (χ0) is 16.5. The highest BCUT2D eigenvalue weighted by molar-refractivity contribution is 5.76. The van der Waals surface area contributed by atoms with Gasteiger partial charge in [0.1, 0.15) is 0 Å². The fourth-order valence-electron chi connectivity index (χ4n) is 3.75. The predicted octanol–water partition coefficient (Wildman–Crippen LogP) is 2.90. The minimum absolute atomic E-state index is 0.0159. The Bertz CT molecular complexity index is 788. The number of nitrogens with one attached hydrogen (secondary N) is 1. The largest absolute Gasteiger partial charge is 0.314 e. The van der Waals surface area contributed by atoms with Crippen molar-refractivity contribution in [3.05, 3.63) is 34.0 Å². The molecule has 2 aromatic heterocycles. The van der Waals surface area contributed by atoms with Crippen molar-refractivity contribution in [2.24, 2.45) is 0 Å². The van der Waals surface area contributed by atoms with Crippen molar-refractivity contribution in [3.63, 3.8) is 0 Å². The summed E-state index contributed by atoms with van der Waals surface area (Å²) in [7, 11) is 0. The summed E-state index contributed by atoms with van der Waals surface area (Å²) in [6.07, 6.45) is 10.1. The van der Waals surface area contributed by atoms with Crippen LogP contribution >= 0.6 is 0 Å². The summed E-state index contributed by atoms with van der Waals surface area (Å²) in [4.78, 5) is 22.0. The van der Waals surface area contributed by atoms with E-state index >= 15 is 0 Å². The number of aromatic nitrogens is 3. The van der Waals surface area contributed by atoms with E-state index in [1.54, 1.807) is 10.9 Å². The lowest BCUT2D eigenvalue weighted by Crippen LogP contribution is -2.34. The van der Waals surface area contributed by atoms with Gasteiger partial charge in [-0.2, -0.15) is 0 Å². The first-order valence-electron chi connectivity index (χ1n) is 9.32. The van der Waals surface area contributed by atoms with Crippen LogP contribution in [0.2, 0.25) is 0 Å². The van der Waals surface area contributed by atoms with Crippen molar-refractivity contribution in [2.45, 2.75) is 70.4 Å². The van der Waals surface area contributed by atoms with Crippen LogP contribution in [-0.2, 0) is 6.54 Å². The van der Waals surface area contributed by atoms with Crippen molar-refractivity contribution >= 4 is 11.0 Å².